The summed E-state index contributed by atoms with van der Waals surface area (Å²) in [6, 6.07) is 13.2. The number of likely N-dealkylation sites (tertiary alicyclic amines) is 1. The number of para-hydroxylation sites is 1. The SMILES string of the molecule is Cc1ccccc1OCCCC(=O)NC1CCN(C(=O)c2ccc3c(c2)OCO3)CC1. The van der Waals surface area contributed by atoms with E-state index in [1.807, 2.05) is 36.1 Å². The molecular formula is C24H28N2O5. The molecule has 0 aromatic heterocycles. The third-order valence-corrected chi connectivity index (χ3v) is 5.67. The smallest absolute Gasteiger partial charge is 0.253 e. The van der Waals surface area contributed by atoms with Gasteiger partial charge in [0.15, 0.2) is 11.5 Å². The molecule has 0 radical (unpaired) electrons. The van der Waals surface area contributed by atoms with E-state index >= 15 is 0 Å². The van der Waals surface area contributed by atoms with E-state index in [4.69, 9.17) is 14.2 Å². The fourth-order valence-electron chi connectivity index (χ4n) is 3.87. The molecule has 2 aromatic rings. The fraction of sp³-hybridized carbons (Fsp3) is 0.417. The van der Waals surface area contributed by atoms with Gasteiger partial charge in [0.25, 0.3) is 5.91 Å². The summed E-state index contributed by atoms with van der Waals surface area (Å²) in [4.78, 5) is 26.9. The monoisotopic (exact) mass is 424 g/mol. The van der Waals surface area contributed by atoms with Gasteiger partial charge in [0, 0.05) is 31.1 Å². The highest BCUT2D eigenvalue weighted by atomic mass is 16.7. The summed E-state index contributed by atoms with van der Waals surface area (Å²) in [6.07, 6.45) is 2.60. The Labute approximate surface area is 182 Å². The maximum Gasteiger partial charge on any atom is 0.253 e. The molecule has 7 nitrogen and oxygen atoms in total. The number of aryl methyl sites for hydroxylation is 1. The summed E-state index contributed by atoms with van der Waals surface area (Å²) in [5.74, 6) is 2.16. The average molecular weight is 424 g/mol. The zero-order chi connectivity index (χ0) is 21.6. The number of nitrogens with zero attached hydrogens (tertiary/aromatic N) is 1. The molecular weight excluding hydrogens is 396 g/mol. The topological polar surface area (TPSA) is 77.1 Å². The van der Waals surface area contributed by atoms with Crippen molar-refractivity contribution in [2.75, 3.05) is 26.5 Å². The van der Waals surface area contributed by atoms with Crippen molar-refractivity contribution in [2.24, 2.45) is 0 Å². The molecule has 0 atom stereocenters. The van der Waals surface area contributed by atoms with Crippen LogP contribution in [0.3, 0.4) is 0 Å². The van der Waals surface area contributed by atoms with Gasteiger partial charge in [-0.15, -0.1) is 0 Å². The van der Waals surface area contributed by atoms with E-state index in [9.17, 15) is 9.59 Å². The van der Waals surface area contributed by atoms with E-state index < -0.39 is 0 Å². The van der Waals surface area contributed by atoms with Crippen molar-refractivity contribution >= 4 is 11.8 Å². The molecule has 0 spiro atoms. The number of ether oxygens (including phenoxy) is 3. The molecule has 1 N–H and O–H groups in total. The summed E-state index contributed by atoms with van der Waals surface area (Å²) < 4.78 is 16.4. The molecule has 4 rings (SSSR count). The zero-order valence-corrected chi connectivity index (χ0v) is 17.8. The molecule has 1 saturated heterocycles. The van der Waals surface area contributed by atoms with Gasteiger partial charge in [-0.3, -0.25) is 9.59 Å². The van der Waals surface area contributed by atoms with Crippen LogP contribution in [-0.2, 0) is 4.79 Å². The first-order chi connectivity index (χ1) is 15.1. The number of benzene rings is 2. The predicted octanol–water partition coefficient (Wildman–Crippen LogP) is 3.30. The molecule has 7 heteroatoms. The van der Waals surface area contributed by atoms with Crippen molar-refractivity contribution in [3.63, 3.8) is 0 Å². The molecule has 1 fully saturated rings. The minimum absolute atomic E-state index is 0.0172. The Morgan fingerprint density at radius 2 is 1.87 bits per heavy atom. The van der Waals surface area contributed by atoms with Gasteiger partial charge in [-0.25, -0.2) is 0 Å². The largest absolute Gasteiger partial charge is 0.493 e. The molecule has 0 bridgehead atoms. The Balaban J connectivity index is 1.16. The highest BCUT2D eigenvalue weighted by Crippen LogP contribution is 2.33. The maximum atomic E-state index is 12.8. The summed E-state index contributed by atoms with van der Waals surface area (Å²) in [7, 11) is 0. The number of nitrogens with one attached hydrogen (secondary N) is 1. The van der Waals surface area contributed by atoms with Gasteiger partial charge in [-0.05, 0) is 56.0 Å². The fourth-order valence-corrected chi connectivity index (χ4v) is 3.87. The van der Waals surface area contributed by atoms with Gasteiger partial charge in [-0.2, -0.15) is 0 Å². The lowest BCUT2D eigenvalue weighted by atomic mass is 10.0. The van der Waals surface area contributed by atoms with Crippen LogP contribution in [0.15, 0.2) is 42.5 Å². The zero-order valence-electron chi connectivity index (χ0n) is 17.8. The Morgan fingerprint density at radius 1 is 1.10 bits per heavy atom. The van der Waals surface area contributed by atoms with Crippen LogP contribution < -0.4 is 19.5 Å². The first-order valence-corrected chi connectivity index (χ1v) is 10.8. The highest BCUT2D eigenvalue weighted by Gasteiger charge is 2.26. The lowest BCUT2D eigenvalue weighted by molar-refractivity contribution is -0.122. The van der Waals surface area contributed by atoms with Crippen LogP contribution in [0, 0.1) is 6.92 Å². The molecule has 2 aliphatic rings. The molecule has 0 unspecified atom stereocenters. The lowest BCUT2D eigenvalue weighted by Gasteiger charge is -2.32. The normalized spacial score (nSPS) is 15.6. The predicted molar refractivity (Wildman–Crippen MR) is 116 cm³/mol. The molecule has 164 valence electrons. The van der Waals surface area contributed by atoms with E-state index in [-0.39, 0.29) is 24.6 Å². The van der Waals surface area contributed by atoms with Crippen LogP contribution >= 0.6 is 0 Å². The first-order valence-electron chi connectivity index (χ1n) is 10.8. The lowest BCUT2D eigenvalue weighted by Crippen LogP contribution is -2.46. The van der Waals surface area contributed by atoms with E-state index in [1.165, 1.54) is 0 Å². The summed E-state index contributed by atoms with van der Waals surface area (Å²) >= 11 is 0. The van der Waals surface area contributed by atoms with Crippen LogP contribution in [0.1, 0.15) is 41.6 Å². The molecule has 0 saturated carbocycles. The molecule has 0 aliphatic carbocycles. The minimum Gasteiger partial charge on any atom is -0.493 e. The standard InChI is InChI=1S/C24H28N2O5/c1-17-5-2-3-6-20(17)29-14-4-7-23(27)25-19-10-12-26(13-11-19)24(28)18-8-9-21-22(15-18)31-16-30-21/h2-3,5-6,8-9,15,19H,4,7,10-14,16H2,1H3,(H,25,27). The van der Waals surface area contributed by atoms with Crippen LogP contribution in [0.4, 0.5) is 0 Å². The Hall–Kier alpha value is -3.22. The van der Waals surface area contributed by atoms with Crippen LogP contribution in [0.5, 0.6) is 17.2 Å². The maximum absolute atomic E-state index is 12.8. The van der Waals surface area contributed by atoms with E-state index in [2.05, 4.69) is 5.32 Å². The molecule has 2 aliphatic heterocycles. The third kappa shape index (κ3) is 5.29. The van der Waals surface area contributed by atoms with Gasteiger partial charge < -0.3 is 24.4 Å². The molecule has 2 aromatic carbocycles. The van der Waals surface area contributed by atoms with Crippen molar-refractivity contribution in [2.45, 2.75) is 38.6 Å². The average Bonchev–Trinajstić information content (AvgIpc) is 3.26. The van der Waals surface area contributed by atoms with Gasteiger partial charge in [-0.1, -0.05) is 18.2 Å². The van der Waals surface area contributed by atoms with Crippen LogP contribution in [0.2, 0.25) is 0 Å². The second kappa shape index (κ2) is 9.73. The van der Waals surface area contributed by atoms with E-state index in [0.29, 0.717) is 49.6 Å². The van der Waals surface area contributed by atoms with Crippen molar-refractivity contribution in [1.29, 1.82) is 0 Å². The van der Waals surface area contributed by atoms with Gasteiger partial charge in [0.05, 0.1) is 6.61 Å². The number of carbonyl (C=O) groups is 2. The number of fused-ring (bicyclic) bond motifs is 1. The number of amides is 2. The number of carbonyl (C=O) groups excluding carboxylic acids is 2. The molecule has 31 heavy (non-hydrogen) atoms. The van der Waals surface area contributed by atoms with Crippen LogP contribution in [0.25, 0.3) is 0 Å². The van der Waals surface area contributed by atoms with Gasteiger partial charge in [0.2, 0.25) is 12.7 Å². The van der Waals surface area contributed by atoms with Crippen molar-refractivity contribution in [1.82, 2.24) is 10.2 Å². The van der Waals surface area contributed by atoms with Crippen molar-refractivity contribution in [3.05, 3.63) is 53.6 Å². The van der Waals surface area contributed by atoms with Gasteiger partial charge >= 0.3 is 0 Å². The van der Waals surface area contributed by atoms with E-state index in [1.54, 1.807) is 18.2 Å². The Kier molecular flexibility index (Phi) is 6.60. The van der Waals surface area contributed by atoms with E-state index in [0.717, 1.165) is 24.2 Å². The number of hydrogen-bond acceptors (Lipinski definition) is 5. The Morgan fingerprint density at radius 3 is 2.68 bits per heavy atom. The first kappa shape index (κ1) is 21.0. The number of hydrogen-bond donors (Lipinski definition) is 1. The van der Waals surface area contributed by atoms with Crippen LogP contribution in [-0.4, -0.2) is 49.2 Å². The third-order valence-electron chi connectivity index (χ3n) is 5.67. The summed E-state index contributed by atoms with van der Waals surface area (Å²) in [5.41, 5.74) is 1.69. The summed E-state index contributed by atoms with van der Waals surface area (Å²) in [6.45, 7) is 3.95. The second-order valence-corrected chi connectivity index (χ2v) is 7.92. The summed E-state index contributed by atoms with van der Waals surface area (Å²) in [5, 5.41) is 3.09. The number of rotatable bonds is 7. The Bertz CT molecular complexity index is 937. The highest BCUT2D eigenvalue weighted by molar-refractivity contribution is 5.95. The second-order valence-electron chi connectivity index (χ2n) is 7.92. The molecule has 2 heterocycles. The quantitative estimate of drug-likeness (QED) is 0.690. The minimum atomic E-state index is -0.0172. The van der Waals surface area contributed by atoms with Gasteiger partial charge in [0.1, 0.15) is 5.75 Å². The number of piperidine rings is 1. The van der Waals surface area contributed by atoms with Crippen molar-refractivity contribution < 1.29 is 23.8 Å². The molecule has 2 amide bonds. The van der Waals surface area contributed by atoms with Crippen molar-refractivity contribution in [3.8, 4) is 17.2 Å².